The van der Waals surface area contributed by atoms with Crippen molar-refractivity contribution in [3.63, 3.8) is 0 Å². The molecular formula is C17H17N5O. The number of carbonyl (C=O) groups is 1. The van der Waals surface area contributed by atoms with Gasteiger partial charge in [-0.1, -0.05) is 36.4 Å². The monoisotopic (exact) mass is 307 g/mol. The molecule has 0 spiro atoms. The summed E-state index contributed by atoms with van der Waals surface area (Å²) in [6, 6.07) is 15.3. The van der Waals surface area contributed by atoms with Gasteiger partial charge in [0.25, 0.3) is 0 Å². The first-order valence-corrected chi connectivity index (χ1v) is 7.32. The topological polar surface area (TPSA) is 72.7 Å². The van der Waals surface area contributed by atoms with Gasteiger partial charge in [0.05, 0.1) is 0 Å². The van der Waals surface area contributed by atoms with Gasteiger partial charge in [-0.2, -0.15) is 4.80 Å². The maximum atomic E-state index is 12.1. The zero-order valence-electron chi connectivity index (χ0n) is 13.0. The van der Waals surface area contributed by atoms with E-state index in [-0.39, 0.29) is 12.5 Å². The number of aryl methyl sites for hydroxylation is 2. The van der Waals surface area contributed by atoms with E-state index in [4.69, 9.17) is 0 Å². The standard InChI is InChI=1S/C17H17N5O/c1-12-8-9-15(10-13(12)2)18-16(23)11-22-20-17(19-21-22)14-6-4-3-5-7-14/h3-10H,11H2,1-2H3,(H,18,23). The molecule has 0 fully saturated rings. The zero-order chi connectivity index (χ0) is 16.2. The highest BCUT2D eigenvalue weighted by molar-refractivity contribution is 5.90. The molecule has 2 aromatic carbocycles. The zero-order valence-corrected chi connectivity index (χ0v) is 13.0. The van der Waals surface area contributed by atoms with Crippen LogP contribution < -0.4 is 5.32 Å². The number of benzene rings is 2. The molecular weight excluding hydrogens is 290 g/mol. The van der Waals surface area contributed by atoms with Crippen molar-refractivity contribution in [3.8, 4) is 11.4 Å². The fourth-order valence-electron chi connectivity index (χ4n) is 2.16. The van der Waals surface area contributed by atoms with Crippen molar-refractivity contribution in [1.29, 1.82) is 0 Å². The van der Waals surface area contributed by atoms with Gasteiger partial charge in [0.1, 0.15) is 6.54 Å². The molecule has 0 aliphatic heterocycles. The summed E-state index contributed by atoms with van der Waals surface area (Å²) in [5.74, 6) is 0.315. The van der Waals surface area contributed by atoms with Crippen LogP contribution >= 0.6 is 0 Å². The Morgan fingerprint density at radius 2 is 1.87 bits per heavy atom. The SMILES string of the molecule is Cc1ccc(NC(=O)Cn2nnc(-c3ccccc3)n2)cc1C. The van der Waals surface area contributed by atoms with Crippen molar-refractivity contribution in [2.45, 2.75) is 20.4 Å². The Morgan fingerprint density at radius 1 is 1.09 bits per heavy atom. The minimum Gasteiger partial charge on any atom is -0.324 e. The molecule has 0 saturated heterocycles. The number of hydrogen-bond donors (Lipinski definition) is 1. The third-order valence-corrected chi connectivity index (χ3v) is 3.56. The molecule has 0 atom stereocenters. The molecule has 0 aliphatic rings. The van der Waals surface area contributed by atoms with Gasteiger partial charge in [0.15, 0.2) is 0 Å². The van der Waals surface area contributed by atoms with E-state index in [2.05, 4.69) is 20.7 Å². The normalized spacial score (nSPS) is 10.5. The summed E-state index contributed by atoms with van der Waals surface area (Å²) in [7, 11) is 0. The summed E-state index contributed by atoms with van der Waals surface area (Å²) in [6.45, 7) is 4.06. The fraction of sp³-hybridized carbons (Fsp3) is 0.176. The van der Waals surface area contributed by atoms with Crippen LogP contribution in [0.15, 0.2) is 48.5 Å². The molecule has 0 aliphatic carbocycles. The van der Waals surface area contributed by atoms with E-state index >= 15 is 0 Å². The van der Waals surface area contributed by atoms with Gasteiger partial charge in [-0.15, -0.1) is 10.2 Å². The number of nitrogens with zero attached hydrogens (tertiary/aromatic N) is 4. The third kappa shape index (κ3) is 3.60. The molecule has 23 heavy (non-hydrogen) atoms. The number of anilines is 1. The number of nitrogens with one attached hydrogen (secondary N) is 1. The molecule has 6 nitrogen and oxygen atoms in total. The summed E-state index contributed by atoms with van der Waals surface area (Å²) in [4.78, 5) is 13.4. The van der Waals surface area contributed by atoms with Crippen LogP contribution in [0.4, 0.5) is 5.69 Å². The van der Waals surface area contributed by atoms with Crippen molar-refractivity contribution in [2.75, 3.05) is 5.32 Å². The smallest absolute Gasteiger partial charge is 0.248 e. The summed E-state index contributed by atoms with van der Waals surface area (Å²) in [6.07, 6.45) is 0. The number of tetrazole rings is 1. The number of amides is 1. The van der Waals surface area contributed by atoms with Crippen molar-refractivity contribution < 1.29 is 4.79 Å². The van der Waals surface area contributed by atoms with Gasteiger partial charge in [-0.25, -0.2) is 0 Å². The number of carbonyl (C=O) groups excluding carboxylic acids is 1. The minimum atomic E-state index is -0.190. The molecule has 3 aromatic rings. The van der Waals surface area contributed by atoms with E-state index in [9.17, 15) is 4.79 Å². The van der Waals surface area contributed by atoms with E-state index in [1.54, 1.807) is 0 Å². The molecule has 116 valence electrons. The predicted octanol–water partition coefficient (Wildman–Crippen LogP) is 2.60. The largest absolute Gasteiger partial charge is 0.324 e. The van der Waals surface area contributed by atoms with E-state index < -0.39 is 0 Å². The second-order valence-corrected chi connectivity index (χ2v) is 5.36. The van der Waals surface area contributed by atoms with Crippen molar-refractivity contribution in [2.24, 2.45) is 0 Å². The molecule has 0 bridgehead atoms. The maximum Gasteiger partial charge on any atom is 0.248 e. The average molecular weight is 307 g/mol. The summed E-state index contributed by atoms with van der Waals surface area (Å²) in [5, 5.41) is 15.0. The Balaban J connectivity index is 1.66. The Bertz CT molecular complexity index is 826. The second kappa shape index (κ2) is 6.39. The Kier molecular flexibility index (Phi) is 4.14. The van der Waals surface area contributed by atoms with Crippen molar-refractivity contribution in [3.05, 3.63) is 59.7 Å². The van der Waals surface area contributed by atoms with Crippen LogP contribution in [-0.4, -0.2) is 26.1 Å². The van der Waals surface area contributed by atoms with Crippen molar-refractivity contribution >= 4 is 11.6 Å². The fourth-order valence-corrected chi connectivity index (χ4v) is 2.16. The van der Waals surface area contributed by atoms with E-state index in [1.165, 1.54) is 10.4 Å². The third-order valence-electron chi connectivity index (χ3n) is 3.56. The van der Waals surface area contributed by atoms with Crippen LogP contribution in [0.2, 0.25) is 0 Å². The van der Waals surface area contributed by atoms with Gasteiger partial charge < -0.3 is 5.32 Å². The van der Waals surface area contributed by atoms with Gasteiger partial charge in [0, 0.05) is 11.3 Å². The van der Waals surface area contributed by atoms with Gasteiger partial charge in [0.2, 0.25) is 11.7 Å². The minimum absolute atomic E-state index is 0.0206. The first-order valence-electron chi connectivity index (χ1n) is 7.32. The van der Waals surface area contributed by atoms with Gasteiger partial charge in [-0.3, -0.25) is 4.79 Å². The number of hydrogen-bond acceptors (Lipinski definition) is 4. The molecule has 6 heteroatoms. The van der Waals surface area contributed by atoms with Gasteiger partial charge in [-0.05, 0) is 42.3 Å². The van der Waals surface area contributed by atoms with Crippen LogP contribution in [0.3, 0.4) is 0 Å². The van der Waals surface area contributed by atoms with Crippen LogP contribution in [-0.2, 0) is 11.3 Å². The summed E-state index contributed by atoms with van der Waals surface area (Å²) >= 11 is 0. The molecule has 3 rings (SSSR count). The van der Waals surface area contributed by atoms with E-state index in [1.807, 2.05) is 62.4 Å². The molecule has 1 aromatic heterocycles. The summed E-state index contributed by atoms with van der Waals surface area (Å²) in [5.41, 5.74) is 3.95. The van der Waals surface area contributed by atoms with Crippen LogP contribution in [0.1, 0.15) is 11.1 Å². The van der Waals surface area contributed by atoms with Gasteiger partial charge >= 0.3 is 0 Å². The summed E-state index contributed by atoms with van der Waals surface area (Å²) < 4.78 is 0. The lowest BCUT2D eigenvalue weighted by Crippen LogP contribution is -2.20. The lowest BCUT2D eigenvalue weighted by atomic mass is 10.1. The molecule has 1 heterocycles. The second-order valence-electron chi connectivity index (χ2n) is 5.36. The lowest BCUT2D eigenvalue weighted by molar-refractivity contribution is -0.117. The quantitative estimate of drug-likeness (QED) is 0.804. The predicted molar refractivity (Wildman–Crippen MR) is 87.8 cm³/mol. The molecule has 1 N–H and O–H groups in total. The highest BCUT2D eigenvalue weighted by Crippen LogP contribution is 2.14. The van der Waals surface area contributed by atoms with E-state index in [0.717, 1.165) is 16.8 Å². The highest BCUT2D eigenvalue weighted by atomic mass is 16.2. The maximum absolute atomic E-state index is 12.1. The Morgan fingerprint density at radius 3 is 2.61 bits per heavy atom. The van der Waals surface area contributed by atoms with Crippen LogP contribution in [0, 0.1) is 13.8 Å². The van der Waals surface area contributed by atoms with Crippen LogP contribution in [0.5, 0.6) is 0 Å². The average Bonchev–Trinajstić information content (AvgIpc) is 3.00. The molecule has 0 radical (unpaired) electrons. The molecule has 0 saturated carbocycles. The molecule has 0 unspecified atom stereocenters. The number of aromatic nitrogens is 4. The first-order chi connectivity index (χ1) is 11.1. The highest BCUT2D eigenvalue weighted by Gasteiger charge is 2.09. The number of rotatable bonds is 4. The Labute approximate surface area is 134 Å². The van der Waals surface area contributed by atoms with E-state index in [0.29, 0.717) is 5.82 Å². The van der Waals surface area contributed by atoms with Crippen LogP contribution in [0.25, 0.3) is 11.4 Å². The Hall–Kier alpha value is -3.02. The first kappa shape index (κ1) is 14.9. The molecule has 1 amide bonds. The lowest BCUT2D eigenvalue weighted by Gasteiger charge is -2.07. The van der Waals surface area contributed by atoms with Crippen molar-refractivity contribution in [1.82, 2.24) is 20.2 Å².